The van der Waals surface area contributed by atoms with Crippen LogP contribution >= 0.6 is 11.6 Å². The molecule has 0 saturated carbocycles. The molecule has 0 radical (unpaired) electrons. The first-order valence-electron chi connectivity index (χ1n) is 9.18. The average Bonchev–Trinajstić information content (AvgIpc) is 2.69. The number of rotatable bonds is 10. The molecule has 2 unspecified atom stereocenters. The van der Waals surface area contributed by atoms with Gasteiger partial charge in [-0.1, -0.05) is 24.6 Å². The molecular formula is C20H24ClF3N2O4. The highest BCUT2D eigenvalue weighted by atomic mass is 35.5. The Kier molecular flexibility index (Phi) is 8.42. The molecule has 1 N–H and O–H groups in total. The molecule has 6 nitrogen and oxygen atoms in total. The Morgan fingerprint density at radius 3 is 2.37 bits per heavy atom. The molecule has 0 spiro atoms. The zero-order valence-electron chi connectivity index (χ0n) is 16.9. The van der Waals surface area contributed by atoms with Gasteiger partial charge in [-0.2, -0.15) is 13.2 Å². The fourth-order valence-corrected chi connectivity index (χ4v) is 3.17. The summed E-state index contributed by atoms with van der Waals surface area (Å²) in [7, 11) is 1.57. The molecule has 1 aromatic heterocycles. The number of aryl methyl sites for hydroxylation is 1. The van der Waals surface area contributed by atoms with Crippen molar-refractivity contribution in [2.24, 2.45) is 0 Å². The zero-order valence-corrected chi connectivity index (χ0v) is 17.6. The molecule has 30 heavy (non-hydrogen) atoms. The van der Waals surface area contributed by atoms with Gasteiger partial charge >= 0.3 is 6.18 Å². The molecule has 0 amide bonds. The molecule has 0 aliphatic heterocycles. The molecule has 0 saturated heterocycles. The Bertz CT molecular complexity index is 821. The second kappa shape index (κ2) is 10.4. The molecule has 1 aromatic carbocycles. The lowest BCUT2D eigenvalue weighted by Gasteiger charge is -2.35. The molecule has 2 atom stereocenters. The number of ether oxygens (including phenoxy) is 3. The van der Waals surface area contributed by atoms with Crippen molar-refractivity contribution in [3.05, 3.63) is 52.6 Å². The Hall–Kier alpha value is -1.94. The first-order valence-corrected chi connectivity index (χ1v) is 9.56. The van der Waals surface area contributed by atoms with Crippen molar-refractivity contribution in [2.45, 2.75) is 31.5 Å². The van der Waals surface area contributed by atoms with E-state index in [1.54, 1.807) is 14.0 Å². The van der Waals surface area contributed by atoms with Gasteiger partial charge in [0, 0.05) is 24.2 Å². The van der Waals surface area contributed by atoms with E-state index in [-0.39, 0.29) is 17.2 Å². The van der Waals surface area contributed by atoms with E-state index in [0.717, 1.165) is 6.20 Å². The highest BCUT2D eigenvalue weighted by molar-refractivity contribution is 6.31. The minimum Gasteiger partial charge on any atom is -0.491 e. The first kappa shape index (κ1) is 24.3. The fraction of sp³-hybridized carbons (Fsp3) is 0.500. The number of aliphatic hydroxyl groups is 1. The Labute approximate surface area is 178 Å². The van der Waals surface area contributed by atoms with E-state index < -0.39 is 23.4 Å². The Morgan fingerprint density at radius 1 is 1.10 bits per heavy atom. The minimum absolute atomic E-state index is 0.0306. The lowest BCUT2D eigenvalue weighted by atomic mass is 9.80. The Morgan fingerprint density at radius 2 is 1.80 bits per heavy atom. The average molecular weight is 449 g/mol. The molecule has 0 fully saturated rings. The van der Waals surface area contributed by atoms with Crippen LogP contribution in [-0.2, 0) is 15.1 Å². The molecular weight excluding hydrogens is 425 g/mol. The summed E-state index contributed by atoms with van der Waals surface area (Å²) in [6.07, 6.45) is -2.91. The number of hydrogen-bond donors (Lipinski definition) is 1. The van der Waals surface area contributed by atoms with Crippen LogP contribution < -0.4 is 4.74 Å². The number of methoxy groups -OCH3 is 1. The van der Waals surface area contributed by atoms with Crippen LogP contribution in [0.1, 0.15) is 29.8 Å². The van der Waals surface area contributed by atoms with Crippen molar-refractivity contribution >= 4 is 11.6 Å². The van der Waals surface area contributed by atoms with E-state index in [4.69, 9.17) is 25.8 Å². The van der Waals surface area contributed by atoms with Crippen LogP contribution in [0.2, 0.25) is 5.02 Å². The lowest BCUT2D eigenvalue weighted by Crippen LogP contribution is -2.47. The highest BCUT2D eigenvalue weighted by Crippen LogP contribution is 2.49. The van der Waals surface area contributed by atoms with E-state index in [9.17, 15) is 18.3 Å². The molecule has 1 heterocycles. The van der Waals surface area contributed by atoms with Crippen molar-refractivity contribution in [3.8, 4) is 5.75 Å². The number of halogens is 4. The molecule has 0 bridgehead atoms. The van der Waals surface area contributed by atoms with E-state index >= 15 is 0 Å². The number of benzene rings is 1. The molecule has 10 heteroatoms. The lowest BCUT2D eigenvalue weighted by molar-refractivity contribution is -0.276. The predicted molar refractivity (Wildman–Crippen MR) is 105 cm³/mol. The molecule has 0 aliphatic carbocycles. The van der Waals surface area contributed by atoms with E-state index in [1.807, 2.05) is 0 Å². The Balaban J connectivity index is 2.20. The topological polar surface area (TPSA) is 73.7 Å². The third-order valence-electron chi connectivity index (χ3n) is 4.60. The predicted octanol–water partition coefficient (Wildman–Crippen LogP) is 4.03. The molecule has 2 aromatic rings. The number of nitrogens with zero attached hydrogens (tertiary/aromatic N) is 2. The summed E-state index contributed by atoms with van der Waals surface area (Å²) in [5.41, 5.74) is -3.34. The first-order chi connectivity index (χ1) is 14.1. The van der Waals surface area contributed by atoms with E-state index in [1.165, 1.54) is 31.3 Å². The quantitative estimate of drug-likeness (QED) is 0.553. The summed E-state index contributed by atoms with van der Waals surface area (Å²) < 4.78 is 57.4. The van der Waals surface area contributed by atoms with E-state index in [0.29, 0.717) is 31.3 Å². The van der Waals surface area contributed by atoms with Gasteiger partial charge in [-0.15, -0.1) is 0 Å². The van der Waals surface area contributed by atoms with Crippen LogP contribution in [0.15, 0.2) is 30.6 Å². The van der Waals surface area contributed by atoms with Crippen LogP contribution in [0.5, 0.6) is 5.75 Å². The van der Waals surface area contributed by atoms with Crippen LogP contribution in [0.25, 0.3) is 0 Å². The van der Waals surface area contributed by atoms with Crippen LogP contribution in [0, 0.1) is 6.92 Å². The van der Waals surface area contributed by atoms with Crippen molar-refractivity contribution in [1.82, 2.24) is 9.97 Å². The van der Waals surface area contributed by atoms with Crippen molar-refractivity contribution in [2.75, 3.05) is 33.5 Å². The van der Waals surface area contributed by atoms with Crippen LogP contribution in [0.3, 0.4) is 0 Å². The van der Waals surface area contributed by atoms with Gasteiger partial charge in [-0.25, -0.2) is 0 Å². The van der Waals surface area contributed by atoms with Gasteiger partial charge in [0.1, 0.15) is 18.1 Å². The van der Waals surface area contributed by atoms with Gasteiger partial charge in [0.15, 0.2) is 0 Å². The van der Waals surface area contributed by atoms with Gasteiger partial charge in [0.2, 0.25) is 5.60 Å². The summed E-state index contributed by atoms with van der Waals surface area (Å²) in [6.45, 7) is 4.27. The summed E-state index contributed by atoms with van der Waals surface area (Å²) in [6, 6.07) is 4.29. The third-order valence-corrected chi connectivity index (χ3v) is 4.92. The van der Waals surface area contributed by atoms with Gasteiger partial charge in [0.05, 0.1) is 31.7 Å². The maximum atomic E-state index is 13.9. The summed E-state index contributed by atoms with van der Waals surface area (Å²) in [5.74, 6) is -1.08. The monoisotopic (exact) mass is 448 g/mol. The largest absolute Gasteiger partial charge is 0.491 e. The normalized spacial score (nSPS) is 14.9. The second-order valence-electron chi connectivity index (χ2n) is 6.67. The van der Waals surface area contributed by atoms with Gasteiger partial charge in [-0.3, -0.25) is 9.97 Å². The van der Waals surface area contributed by atoms with Gasteiger partial charge in [0.25, 0.3) is 0 Å². The van der Waals surface area contributed by atoms with Crippen molar-refractivity contribution in [3.63, 3.8) is 0 Å². The maximum Gasteiger partial charge on any atom is 0.423 e. The minimum atomic E-state index is -5.01. The summed E-state index contributed by atoms with van der Waals surface area (Å²) in [5, 5.41) is 10.8. The molecule has 0 aliphatic rings. The third kappa shape index (κ3) is 5.60. The number of hydrogen-bond acceptors (Lipinski definition) is 6. The summed E-state index contributed by atoms with van der Waals surface area (Å²) >= 11 is 6.23. The highest BCUT2D eigenvalue weighted by Gasteiger charge is 2.60. The SMILES string of the molecule is COCCOCCOc1ccc(C(C)C(O)(c2cnc(C)cn2)C(F)(F)F)c(Cl)c1. The smallest absolute Gasteiger partial charge is 0.423 e. The van der Waals surface area contributed by atoms with Gasteiger partial charge < -0.3 is 19.3 Å². The van der Waals surface area contributed by atoms with Crippen LogP contribution in [-0.4, -0.2) is 54.8 Å². The van der Waals surface area contributed by atoms with E-state index in [2.05, 4.69) is 9.97 Å². The van der Waals surface area contributed by atoms with Crippen molar-refractivity contribution in [1.29, 1.82) is 0 Å². The van der Waals surface area contributed by atoms with Crippen LogP contribution in [0.4, 0.5) is 13.2 Å². The summed E-state index contributed by atoms with van der Waals surface area (Å²) in [4.78, 5) is 7.60. The number of alkyl halides is 3. The van der Waals surface area contributed by atoms with Gasteiger partial charge in [-0.05, 0) is 24.6 Å². The standard InChI is InChI=1S/C20H24ClF3N2O4/c1-13-11-26-18(12-25-13)19(27,20(22,23)24)14(2)16-5-4-15(10-17(16)21)30-9-8-29-7-6-28-3/h4-5,10-12,14,27H,6-9H2,1-3H3. The van der Waals surface area contributed by atoms with Crippen molar-refractivity contribution < 1.29 is 32.5 Å². The second-order valence-corrected chi connectivity index (χ2v) is 7.07. The maximum absolute atomic E-state index is 13.9. The zero-order chi connectivity index (χ0) is 22.4. The number of aromatic nitrogens is 2. The molecule has 166 valence electrons. The fourth-order valence-electron chi connectivity index (χ4n) is 2.84. The molecule has 2 rings (SSSR count).